The lowest BCUT2D eigenvalue weighted by molar-refractivity contribution is -0.0236. The number of aryl methyl sites for hydroxylation is 1. The Morgan fingerprint density at radius 3 is 2.64 bits per heavy atom. The van der Waals surface area contributed by atoms with E-state index in [0.717, 1.165) is 0 Å². The number of nitrogens with one attached hydrogen (secondary N) is 1. The van der Waals surface area contributed by atoms with Crippen LogP contribution in [-0.4, -0.2) is 37.0 Å². The standard InChI is InChI=1S/C15H17ClN4O2/c1-8-13(11-4-3-9(16)5-12(11)21)19-20-14(17-8)18-10-6-15(2,22)7-10/h3-5,10,21-22H,6-7H2,1-2H3,(H,17,18,20)/t10-,15+. The number of aromatic hydroxyl groups is 1. The highest BCUT2D eigenvalue weighted by Crippen LogP contribution is 2.34. The van der Waals surface area contributed by atoms with Crippen LogP contribution in [0.3, 0.4) is 0 Å². The van der Waals surface area contributed by atoms with Gasteiger partial charge in [-0.3, -0.25) is 0 Å². The third-order valence-corrected chi connectivity index (χ3v) is 4.02. The molecule has 0 bridgehead atoms. The van der Waals surface area contributed by atoms with Crippen LogP contribution in [0.2, 0.25) is 5.02 Å². The van der Waals surface area contributed by atoms with E-state index in [1.165, 1.54) is 6.07 Å². The summed E-state index contributed by atoms with van der Waals surface area (Å²) in [6.45, 7) is 3.61. The van der Waals surface area contributed by atoms with Crippen LogP contribution < -0.4 is 5.32 Å². The first-order valence-electron chi connectivity index (χ1n) is 7.03. The average Bonchev–Trinajstić information content (AvgIpc) is 2.38. The minimum absolute atomic E-state index is 0.0439. The predicted octanol–water partition coefficient (Wildman–Crippen LogP) is 2.53. The van der Waals surface area contributed by atoms with Crippen LogP contribution >= 0.6 is 11.6 Å². The molecule has 0 atom stereocenters. The van der Waals surface area contributed by atoms with Gasteiger partial charge in [-0.15, -0.1) is 10.2 Å². The number of aliphatic hydroxyl groups is 1. The molecule has 1 aliphatic rings. The monoisotopic (exact) mass is 320 g/mol. The number of anilines is 1. The van der Waals surface area contributed by atoms with Crippen LogP contribution in [0.5, 0.6) is 5.75 Å². The van der Waals surface area contributed by atoms with Crippen molar-refractivity contribution in [2.75, 3.05) is 5.32 Å². The van der Waals surface area contributed by atoms with Crippen LogP contribution in [0.4, 0.5) is 5.95 Å². The van der Waals surface area contributed by atoms with E-state index in [-0.39, 0.29) is 11.8 Å². The molecule has 0 amide bonds. The minimum atomic E-state index is -0.602. The molecule has 1 heterocycles. The number of hydrogen-bond donors (Lipinski definition) is 3. The molecule has 0 aliphatic heterocycles. The van der Waals surface area contributed by atoms with E-state index in [0.29, 0.717) is 40.8 Å². The second-order valence-electron chi connectivity index (χ2n) is 5.98. The fraction of sp³-hybridized carbons (Fsp3) is 0.400. The van der Waals surface area contributed by atoms with Crippen molar-refractivity contribution in [2.24, 2.45) is 0 Å². The molecule has 116 valence electrons. The zero-order valence-electron chi connectivity index (χ0n) is 12.3. The van der Waals surface area contributed by atoms with Gasteiger partial charge in [0.1, 0.15) is 11.4 Å². The SMILES string of the molecule is Cc1nc(N[C@H]2C[C@@](C)(O)C2)nnc1-c1ccc(Cl)cc1O. The van der Waals surface area contributed by atoms with Gasteiger partial charge in [-0.2, -0.15) is 0 Å². The molecule has 0 unspecified atom stereocenters. The Balaban J connectivity index is 1.80. The molecule has 7 heteroatoms. The smallest absolute Gasteiger partial charge is 0.243 e. The van der Waals surface area contributed by atoms with E-state index in [4.69, 9.17) is 11.6 Å². The van der Waals surface area contributed by atoms with E-state index < -0.39 is 5.60 Å². The molecule has 3 rings (SSSR count). The van der Waals surface area contributed by atoms with Gasteiger partial charge in [-0.25, -0.2) is 4.98 Å². The van der Waals surface area contributed by atoms with Crippen molar-refractivity contribution in [2.45, 2.75) is 38.3 Å². The maximum atomic E-state index is 9.97. The van der Waals surface area contributed by atoms with E-state index >= 15 is 0 Å². The van der Waals surface area contributed by atoms with Gasteiger partial charge in [-0.1, -0.05) is 11.6 Å². The van der Waals surface area contributed by atoms with Crippen molar-refractivity contribution in [1.82, 2.24) is 15.2 Å². The van der Waals surface area contributed by atoms with Crippen molar-refractivity contribution in [3.05, 3.63) is 28.9 Å². The number of hydrogen-bond acceptors (Lipinski definition) is 6. The first kappa shape index (κ1) is 15.0. The third kappa shape index (κ3) is 2.98. The Morgan fingerprint density at radius 1 is 1.32 bits per heavy atom. The molecule has 1 aromatic heterocycles. The molecule has 0 spiro atoms. The van der Waals surface area contributed by atoms with Crippen molar-refractivity contribution in [3.63, 3.8) is 0 Å². The normalized spacial score (nSPS) is 23.9. The molecular weight excluding hydrogens is 304 g/mol. The van der Waals surface area contributed by atoms with Gasteiger partial charge in [0.25, 0.3) is 0 Å². The first-order chi connectivity index (χ1) is 10.3. The number of halogens is 1. The van der Waals surface area contributed by atoms with Crippen LogP contribution in [0, 0.1) is 6.92 Å². The molecule has 1 saturated carbocycles. The van der Waals surface area contributed by atoms with Gasteiger partial charge in [0.2, 0.25) is 5.95 Å². The molecule has 3 N–H and O–H groups in total. The summed E-state index contributed by atoms with van der Waals surface area (Å²) in [6, 6.07) is 4.99. The Bertz CT molecular complexity index is 713. The molecular formula is C15H17ClN4O2. The minimum Gasteiger partial charge on any atom is -0.507 e. The zero-order valence-corrected chi connectivity index (χ0v) is 13.1. The van der Waals surface area contributed by atoms with Crippen LogP contribution in [0.15, 0.2) is 18.2 Å². The highest BCUT2D eigenvalue weighted by molar-refractivity contribution is 6.30. The predicted molar refractivity (Wildman–Crippen MR) is 83.9 cm³/mol. The van der Waals surface area contributed by atoms with Gasteiger partial charge in [0, 0.05) is 16.6 Å². The second-order valence-corrected chi connectivity index (χ2v) is 6.41. The van der Waals surface area contributed by atoms with E-state index in [1.54, 1.807) is 19.1 Å². The summed E-state index contributed by atoms with van der Waals surface area (Å²) in [7, 11) is 0. The topological polar surface area (TPSA) is 91.2 Å². The van der Waals surface area contributed by atoms with E-state index in [9.17, 15) is 10.2 Å². The second kappa shape index (κ2) is 5.37. The van der Waals surface area contributed by atoms with Crippen LogP contribution in [-0.2, 0) is 0 Å². The maximum Gasteiger partial charge on any atom is 0.243 e. The Morgan fingerprint density at radius 2 is 2.05 bits per heavy atom. The largest absolute Gasteiger partial charge is 0.507 e. The lowest BCUT2D eigenvalue weighted by Crippen LogP contribution is -2.48. The number of benzene rings is 1. The highest BCUT2D eigenvalue weighted by Gasteiger charge is 2.38. The number of phenolic OH excluding ortho intramolecular Hbond substituents is 1. The fourth-order valence-electron chi connectivity index (χ4n) is 2.71. The Kier molecular flexibility index (Phi) is 3.66. The summed E-state index contributed by atoms with van der Waals surface area (Å²) in [6.07, 6.45) is 1.32. The quantitative estimate of drug-likeness (QED) is 0.805. The fourth-order valence-corrected chi connectivity index (χ4v) is 2.87. The van der Waals surface area contributed by atoms with Gasteiger partial charge < -0.3 is 15.5 Å². The Labute approximate surface area is 133 Å². The van der Waals surface area contributed by atoms with Gasteiger partial charge in [0.15, 0.2) is 0 Å². The van der Waals surface area contributed by atoms with Crippen LogP contribution in [0.25, 0.3) is 11.3 Å². The summed E-state index contributed by atoms with van der Waals surface area (Å²) in [5, 5.41) is 31.5. The summed E-state index contributed by atoms with van der Waals surface area (Å²) < 4.78 is 0. The Hall–Kier alpha value is -1.92. The molecule has 1 aliphatic carbocycles. The third-order valence-electron chi connectivity index (χ3n) is 3.78. The summed E-state index contributed by atoms with van der Waals surface area (Å²) >= 11 is 5.83. The molecule has 2 aromatic rings. The van der Waals surface area contributed by atoms with Gasteiger partial charge in [-0.05, 0) is 44.9 Å². The summed E-state index contributed by atoms with van der Waals surface area (Å²) in [4.78, 5) is 4.37. The van der Waals surface area contributed by atoms with E-state index in [1.807, 2.05) is 6.92 Å². The van der Waals surface area contributed by atoms with Crippen molar-refractivity contribution in [3.8, 4) is 17.0 Å². The molecule has 0 saturated heterocycles. The number of rotatable bonds is 3. The first-order valence-corrected chi connectivity index (χ1v) is 7.41. The molecule has 1 aromatic carbocycles. The van der Waals surface area contributed by atoms with Crippen LogP contribution in [0.1, 0.15) is 25.5 Å². The summed E-state index contributed by atoms with van der Waals surface area (Å²) in [5.74, 6) is 0.470. The number of aromatic nitrogens is 3. The number of nitrogens with zero attached hydrogens (tertiary/aromatic N) is 3. The average molecular weight is 321 g/mol. The van der Waals surface area contributed by atoms with Crippen molar-refractivity contribution < 1.29 is 10.2 Å². The lowest BCUT2D eigenvalue weighted by Gasteiger charge is -2.41. The maximum absolute atomic E-state index is 9.97. The van der Waals surface area contributed by atoms with Crippen molar-refractivity contribution in [1.29, 1.82) is 0 Å². The molecule has 6 nitrogen and oxygen atoms in total. The van der Waals surface area contributed by atoms with Gasteiger partial charge >= 0.3 is 0 Å². The van der Waals surface area contributed by atoms with E-state index in [2.05, 4.69) is 20.5 Å². The zero-order chi connectivity index (χ0) is 15.9. The number of phenols is 1. The molecule has 1 fully saturated rings. The summed E-state index contributed by atoms with van der Waals surface area (Å²) in [5.41, 5.74) is 1.11. The van der Waals surface area contributed by atoms with Crippen molar-refractivity contribution >= 4 is 17.5 Å². The van der Waals surface area contributed by atoms with Gasteiger partial charge in [0.05, 0.1) is 11.3 Å². The molecule has 0 radical (unpaired) electrons. The lowest BCUT2D eigenvalue weighted by atomic mass is 9.77. The highest BCUT2D eigenvalue weighted by atomic mass is 35.5. The molecule has 22 heavy (non-hydrogen) atoms.